The topological polar surface area (TPSA) is 47.6 Å². The van der Waals surface area contributed by atoms with Crippen LogP contribution in [-0.4, -0.2) is 31.6 Å². The highest BCUT2D eigenvalue weighted by atomic mass is 19.1. The van der Waals surface area contributed by atoms with Gasteiger partial charge in [-0.3, -0.25) is 4.99 Å². The SMILES string of the molecule is C/C(=C\N=C1/COCCC(N)C1)CF. The largest absolute Gasteiger partial charge is 0.375 e. The first kappa shape index (κ1) is 11.3. The van der Waals surface area contributed by atoms with Crippen molar-refractivity contribution < 1.29 is 9.13 Å². The van der Waals surface area contributed by atoms with Gasteiger partial charge in [0.2, 0.25) is 0 Å². The van der Waals surface area contributed by atoms with Gasteiger partial charge in [0.05, 0.1) is 6.61 Å². The highest BCUT2D eigenvalue weighted by Crippen LogP contribution is 2.05. The second-order valence-corrected chi connectivity index (χ2v) is 3.61. The second kappa shape index (κ2) is 5.88. The van der Waals surface area contributed by atoms with E-state index in [4.69, 9.17) is 10.5 Å². The lowest BCUT2D eigenvalue weighted by atomic mass is 10.1. The molecular formula is C10H17FN2O. The Morgan fingerprint density at radius 1 is 1.79 bits per heavy atom. The van der Waals surface area contributed by atoms with Crippen molar-refractivity contribution in [3.8, 4) is 0 Å². The van der Waals surface area contributed by atoms with Crippen LogP contribution in [0.25, 0.3) is 0 Å². The summed E-state index contributed by atoms with van der Waals surface area (Å²) in [5.74, 6) is 0. The third-order valence-electron chi connectivity index (χ3n) is 2.08. The highest BCUT2D eigenvalue weighted by molar-refractivity contribution is 5.87. The molecule has 0 aromatic carbocycles. The van der Waals surface area contributed by atoms with Gasteiger partial charge >= 0.3 is 0 Å². The molecule has 14 heavy (non-hydrogen) atoms. The van der Waals surface area contributed by atoms with Gasteiger partial charge in [0, 0.05) is 31.0 Å². The Kier molecular flexibility index (Phi) is 4.76. The van der Waals surface area contributed by atoms with E-state index < -0.39 is 6.67 Å². The van der Waals surface area contributed by atoms with Crippen molar-refractivity contribution in [3.63, 3.8) is 0 Å². The van der Waals surface area contributed by atoms with E-state index in [-0.39, 0.29) is 6.04 Å². The molecule has 0 bridgehead atoms. The molecule has 1 aliphatic rings. The molecule has 0 spiro atoms. The molecule has 0 amide bonds. The van der Waals surface area contributed by atoms with Gasteiger partial charge in [-0.05, 0) is 18.9 Å². The van der Waals surface area contributed by atoms with Gasteiger partial charge in [-0.1, -0.05) is 0 Å². The first-order chi connectivity index (χ1) is 6.72. The summed E-state index contributed by atoms with van der Waals surface area (Å²) in [6.45, 7) is 2.46. The van der Waals surface area contributed by atoms with E-state index in [0.717, 1.165) is 18.6 Å². The number of hydrogen-bond acceptors (Lipinski definition) is 3. The minimum absolute atomic E-state index is 0.121. The van der Waals surface area contributed by atoms with Crippen molar-refractivity contribution in [2.75, 3.05) is 19.9 Å². The zero-order chi connectivity index (χ0) is 10.4. The Bertz CT molecular complexity index is 238. The molecule has 2 N–H and O–H groups in total. The van der Waals surface area contributed by atoms with E-state index in [1.807, 2.05) is 0 Å². The molecule has 0 aromatic heterocycles. The van der Waals surface area contributed by atoms with Crippen molar-refractivity contribution in [1.82, 2.24) is 0 Å². The molecule has 0 aliphatic carbocycles. The van der Waals surface area contributed by atoms with Crippen LogP contribution in [-0.2, 0) is 4.74 Å². The summed E-state index contributed by atoms with van der Waals surface area (Å²) in [6.07, 6.45) is 3.16. The van der Waals surface area contributed by atoms with Crippen LogP contribution >= 0.6 is 0 Å². The van der Waals surface area contributed by atoms with Crippen molar-refractivity contribution in [1.29, 1.82) is 0 Å². The maximum atomic E-state index is 12.1. The number of rotatable bonds is 2. The fraction of sp³-hybridized carbons (Fsp3) is 0.700. The van der Waals surface area contributed by atoms with Gasteiger partial charge in [-0.25, -0.2) is 4.39 Å². The Balaban J connectivity index is 2.56. The smallest absolute Gasteiger partial charge is 0.112 e. The number of alkyl halides is 1. The number of nitrogens with zero attached hydrogens (tertiary/aromatic N) is 1. The first-order valence-electron chi connectivity index (χ1n) is 4.83. The zero-order valence-corrected chi connectivity index (χ0v) is 8.50. The molecule has 1 saturated heterocycles. The van der Waals surface area contributed by atoms with Crippen LogP contribution in [0.4, 0.5) is 4.39 Å². The Morgan fingerprint density at radius 2 is 2.57 bits per heavy atom. The summed E-state index contributed by atoms with van der Waals surface area (Å²) in [7, 11) is 0. The normalized spacial score (nSPS) is 27.8. The lowest BCUT2D eigenvalue weighted by Gasteiger charge is -2.05. The highest BCUT2D eigenvalue weighted by Gasteiger charge is 2.12. The average molecular weight is 200 g/mol. The molecule has 1 fully saturated rings. The number of ether oxygens (including phenoxy) is 1. The van der Waals surface area contributed by atoms with E-state index in [1.165, 1.54) is 0 Å². The van der Waals surface area contributed by atoms with Gasteiger partial charge in [0.25, 0.3) is 0 Å². The Morgan fingerprint density at radius 3 is 3.29 bits per heavy atom. The first-order valence-corrected chi connectivity index (χ1v) is 4.83. The van der Waals surface area contributed by atoms with Crippen molar-refractivity contribution in [3.05, 3.63) is 11.8 Å². The van der Waals surface area contributed by atoms with Gasteiger partial charge < -0.3 is 10.5 Å². The molecule has 4 heteroatoms. The molecule has 1 heterocycles. The Hall–Kier alpha value is -0.740. The van der Waals surface area contributed by atoms with E-state index >= 15 is 0 Å². The monoisotopic (exact) mass is 200 g/mol. The van der Waals surface area contributed by atoms with E-state index in [9.17, 15) is 4.39 Å². The van der Waals surface area contributed by atoms with E-state index in [1.54, 1.807) is 13.1 Å². The van der Waals surface area contributed by atoms with Gasteiger partial charge in [-0.2, -0.15) is 0 Å². The lowest BCUT2D eigenvalue weighted by Crippen LogP contribution is -2.22. The number of nitrogens with two attached hydrogens (primary N) is 1. The quantitative estimate of drug-likeness (QED) is 0.733. The van der Waals surface area contributed by atoms with Crippen LogP contribution in [0.15, 0.2) is 16.8 Å². The molecule has 0 saturated carbocycles. The van der Waals surface area contributed by atoms with Crippen LogP contribution in [0.3, 0.4) is 0 Å². The summed E-state index contributed by atoms with van der Waals surface area (Å²) >= 11 is 0. The fourth-order valence-electron chi connectivity index (χ4n) is 1.21. The van der Waals surface area contributed by atoms with Crippen LogP contribution in [0.2, 0.25) is 0 Å². The van der Waals surface area contributed by atoms with Crippen molar-refractivity contribution >= 4 is 5.71 Å². The minimum atomic E-state index is -0.455. The van der Waals surface area contributed by atoms with E-state index in [2.05, 4.69) is 4.99 Å². The van der Waals surface area contributed by atoms with Gasteiger partial charge in [0.1, 0.15) is 6.67 Å². The van der Waals surface area contributed by atoms with Crippen LogP contribution in [0.1, 0.15) is 19.8 Å². The van der Waals surface area contributed by atoms with Crippen LogP contribution in [0.5, 0.6) is 0 Å². The second-order valence-electron chi connectivity index (χ2n) is 3.61. The molecule has 0 radical (unpaired) electrons. The van der Waals surface area contributed by atoms with Crippen molar-refractivity contribution in [2.45, 2.75) is 25.8 Å². The predicted molar refractivity (Wildman–Crippen MR) is 55.2 cm³/mol. The number of halogens is 1. The summed E-state index contributed by atoms with van der Waals surface area (Å²) < 4.78 is 17.4. The zero-order valence-electron chi connectivity index (χ0n) is 8.50. The van der Waals surface area contributed by atoms with Gasteiger partial charge in [0.15, 0.2) is 0 Å². The predicted octanol–water partition coefficient (Wildman–Crippen LogP) is 1.44. The van der Waals surface area contributed by atoms with Crippen LogP contribution < -0.4 is 5.73 Å². The number of hydrogen-bond donors (Lipinski definition) is 1. The lowest BCUT2D eigenvalue weighted by molar-refractivity contribution is 0.172. The fourth-order valence-corrected chi connectivity index (χ4v) is 1.21. The van der Waals surface area contributed by atoms with E-state index in [0.29, 0.717) is 18.8 Å². The average Bonchev–Trinajstić information content (AvgIpc) is 2.39. The molecule has 1 rings (SSSR count). The molecule has 3 nitrogen and oxygen atoms in total. The third kappa shape index (κ3) is 3.98. The maximum Gasteiger partial charge on any atom is 0.112 e. The minimum Gasteiger partial charge on any atom is -0.375 e. The molecule has 0 aromatic rings. The summed E-state index contributed by atoms with van der Waals surface area (Å²) in [4.78, 5) is 4.17. The standard InChI is InChI=1S/C10H17FN2O/c1-8(5-11)6-13-10-4-9(12)2-3-14-7-10/h6,9H,2-5,7,12H2,1H3/b8-6+,13-10-. The van der Waals surface area contributed by atoms with Gasteiger partial charge in [-0.15, -0.1) is 0 Å². The molecule has 80 valence electrons. The number of aliphatic imine (C=N–C) groups is 1. The summed E-state index contributed by atoms with van der Waals surface area (Å²) in [6, 6.07) is 0.121. The van der Waals surface area contributed by atoms with Crippen LogP contribution in [0, 0.1) is 0 Å². The maximum absolute atomic E-state index is 12.1. The van der Waals surface area contributed by atoms with Crippen molar-refractivity contribution in [2.24, 2.45) is 10.7 Å². The molecular weight excluding hydrogens is 183 g/mol. The Labute approximate surface area is 83.8 Å². The molecule has 1 unspecified atom stereocenters. The molecule has 1 aliphatic heterocycles. The summed E-state index contributed by atoms with van der Waals surface area (Å²) in [5, 5.41) is 0. The summed E-state index contributed by atoms with van der Waals surface area (Å²) in [5.41, 5.74) is 7.33. The third-order valence-corrected chi connectivity index (χ3v) is 2.08. The number of allylic oxidation sites excluding steroid dienone is 1. The molecule has 1 atom stereocenters.